The number of fused-ring (bicyclic) bond motifs is 4. The zero-order valence-electron chi connectivity index (χ0n) is 22.4. The third kappa shape index (κ3) is 3.09. The number of benzene rings is 1. The summed E-state index contributed by atoms with van der Waals surface area (Å²) >= 11 is 0. The van der Waals surface area contributed by atoms with Gasteiger partial charge in [0.2, 0.25) is 0 Å². The van der Waals surface area contributed by atoms with E-state index >= 15 is 4.39 Å². The van der Waals surface area contributed by atoms with Crippen LogP contribution < -0.4 is 5.32 Å². The van der Waals surface area contributed by atoms with Crippen LogP contribution in [0, 0.1) is 18.2 Å². The molecular formula is C32H38FN3. The van der Waals surface area contributed by atoms with E-state index in [9.17, 15) is 0 Å². The Kier molecular flexibility index (Phi) is 5.35. The number of rotatable bonds is 4. The zero-order chi connectivity index (χ0) is 25.5. The maximum Gasteiger partial charge on any atom is 0.128 e. The number of halogens is 1. The van der Waals surface area contributed by atoms with Gasteiger partial charge in [0.25, 0.3) is 0 Å². The molecule has 0 spiro atoms. The monoisotopic (exact) mass is 483 g/mol. The molecule has 2 aliphatic heterocycles. The molecule has 4 aliphatic rings. The summed E-state index contributed by atoms with van der Waals surface area (Å²) in [6, 6.07) is 2.32. The summed E-state index contributed by atoms with van der Waals surface area (Å²) in [5, 5.41) is 5.08. The Labute approximate surface area is 214 Å². The Bertz CT molecular complexity index is 1410. The number of hydrogen-bond donors (Lipinski definition) is 1. The van der Waals surface area contributed by atoms with Crippen LogP contribution >= 0.6 is 0 Å². The SMILES string of the molecule is C=C1C2=C(C=C3c4nc5cc(F)c(C)c6c5c(c4CN13)[C@@H](NC(C)CC)CC6)[C@@](C)(CC)C(=C)CC2. The van der Waals surface area contributed by atoms with Gasteiger partial charge in [-0.1, -0.05) is 39.5 Å². The lowest BCUT2D eigenvalue weighted by molar-refractivity contribution is 0.408. The van der Waals surface area contributed by atoms with E-state index in [-0.39, 0.29) is 17.3 Å². The van der Waals surface area contributed by atoms with Crippen molar-refractivity contribution in [2.24, 2.45) is 5.41 Å². The van der Waals surface area contributed by atoms with Crippen LogP contribution in [0.4, 0.5) is 4.39 Å². The molecule has 0 radical (unpaired) electrons. The molecular weight excluding hydrogens is 445 g/mol. The lowest BCUT2D eigenvalue weighted by Gasteiger charge is -2.43. The summed E-state index contributed by atoms with van der Waals surface area (Å²) in [6.07, 6.45) is 8.33. The van der Waals surface area contributed by atoms with Crippen molar-refractivity contribution in [2.45, 2.75) is 91.8 Å². The van der Waals surface area contributed by atoms with Gasteiger partial charge >= 0.3 is 0 Å². The normalized spacial score (nSPS) is 25.7. The van der Waals surface area contributed by atoms with Gasteiger partial charge in [-0.15, -0.1) is 0 Å². The molecule has 3 heterocycles. The van der Waals surface area contributed by atoms with Gasteiger partial charge in [0, 0.05) is 40.2 Å². The molecule has 3 atom stereocenters. The molecule has 0 bridgehead atoms. The van der Waals surface area contributed by atoms with Crippen molar-refractivity contribution in [1.82, 2.24) is 15.2 Å². The molecule has 6 rings (SSSR count). The zero-order valence-corrected chi connectivity index (χ0v) is 22.4. The largest absolute Gasteiger partial charge is 0.335 e. The van der Waals surface area contributed by atoms with Gasteiger partial charge in [-0.05, 0) is 86.3 Å². The molecule has 3 nitrogen and oxygen atoms in total. The fourth-order valence-electron chi connectivity index (χ4n) is 7.03. The first kappa shape index (κ1) is 23.7. The van der Waals surface area contributed by atoms with Crippen LogP contribution in [0.15, 0.2) is 47.7 Å². The first-order valence-electron chi connectivity index (χ1n) is 13.7. The molecule has 1 aromatic carbocycles. The van der Waals surface area contributed by atoms with Crippen molar-refractivity contribution >= 4 is 16.6 Å². The van der Waals surface area contributed by atoms with Gasteiger partial charge in [-0.3, -0.25) is 0 Å². The van der Waals surface area contributed by atoms with E-state index in [1.807, 2.05) is 6.92 Å². The summed E-state index contributed by atoms with van der Waals surface area (Å²) in [5.41, 5.74) is 12.5. The van der Waals surface area contributed by atoms with E-state index in [1.165, 1.54) is 33.2 Å². The van der Waals surface area contributed by atoms with Crippen LogP contribution in [0.3, 0.4) is 0 Å². The minimum absolute atomic E-state index is 0.0550. The molecule has 1 N–H and O–H groups in total. The molecule has 4 heteroatoms. The quantitative estimate of drug-likeness (QED) is 0.450. The predicted octanol–water partition coefficient (Wildman–Crippen LogP) is 7.80. The van der Waals surface area contributed by atoms with Crippen LogP contribution in [0.25, 0.3) is 16.6 Å². The molecule has 1 unspecified atom stereocenters. The summed E-state index contributed by atoms with van der Waals surface area (Å²) < 4.78 is 15.1. The molecule has 0 amide bonds. The highest BCUT2D eigenvalue weighted by atomic mass is 19.1. The Balaban J connectivity index is 1.61. The first-order valence-corrected chi connectivity index (χ1v) is 13.7. The third-order valence-electron chi connectivity index (χ3n) is 9.76. The molecule has 188 valence electrons. The molecule has 2 aliphatic carbocycles. The number of pyridine rings is 1. The maximum atomic E-state index is 15.1. The Morgan fingerprint density at radius 3 is 2.72 bits per heavy atom. The molecule has 0 saturated heterocycles. The van der Waals surface area contributed by atoms with Gasteiger partial charge in [0.1, 0.15) is 5.82 Å². The second-order valence-electron chi connectivity index (χ2n) is 11.5. The van der Waals surface area contributed by atoms with Crippen LogP contribution in [0.1, 0.15) is 93.8 Å². The first-order chi connectivity index (χ1) is 17.2. The van der Waals surface area contributed by atoms with Crippen molar-refractivity contribution in [3.8, 4) is 0 Å². The van der Waals surface area contributed by atoms with Crippen molar-refractivity contribution < 1.29 is 4.39 Å². The van der Waals surface area contributed by atoms with Gasteiger partial charge in [0.15, 0.2) is 0 Å². The highest BCUT2D eigenvalue weighted by molar-refractivity contribution is 5.93. The molecule has 1 aromatic heterocycles. The van der Waals surface area contributed by atoms with Crippen molar-refractivity contribution in [2.75, 3.05) is 0 Å². The number of nitrogens with zero attached hydrogens (tertiary/aromatic N) is 2. The molecule has 36 heavy (non-hydrogen) atoms. The molecule has 0 fully saturated rings. The van der Waals surface area contributed by atoms with E-state index in [0.29, 0.717) is 6.04 Å². The number of aryl methyl sites for hydroxylation is 1. The second kappa shape index (κ2) is 8.14. The fraction of sp³-hybridized carbons (Fsp3) is 0.469. The van der Waals surface area contributed by atoms with Crippen molar-refractivity contribution in [3.63, 3.8) is 0 Å². The summed E-state index contributed by atoms with van der Waals surface area (Å²) in [4.78, 5) is 7.55. The van der Waals surface area contributed by atoms with Crippen LogP contribution in [0.2, 0.25) is 0 Å². The van der Waals surface area contributed by atoms with Crippen LogP contribution in [0.5, 0.6) is 0 Å². The third-order valence-corrected chi connectivity index (χ3v) is 9.76. The fourth-order valence-corrected chi connectivity index (χ4v) is 7.03. The Morgan fingerprint density at radius 1 is 1.22 bits per heavy atom. The van der Waals surface area contributed by atoms with Crippen LogP contribution in [-0.2, 0) is 13.0 Å². The predicted molar refractivity (Wildman–Crippen MR) is 147 cm³/mol. The topological polar surface area (TPSA) is 28.2 Å². The van der Waals surface area contributed by atoms with Gasteiger partial charge < -0.3 is 10.2 Å². The van der Waals surface area contributed by atoms with E-state index in [2.05, 4.69) is 57.1 Å². The minimum atomic E-state index is -0.145. The average molecular weight is 484 g/mol. The van der Waals surface area contributed by atoms with Gasteiger partial charge in [-0.25, -0.2) is 9.37 Å². The molecule has 0 saturated carbocycles. The lowest BCUT2D eigenvalue weighted by Crippen LogP contribution is -2.33. The van der Waals surface area contributed by atoms with E-state index in [4.69, 9.17) is 4.98 Å². The number of hydrogen-bond acceptors (Lipinski definition) is 3. The van der Waals surface area contributed by atoms with Gasteiger partial charge in [-0.2, -0.15) is 0 Å². The van der Waals surface area contributed by atoms with E-state index in [0.717, 1.165) is 78.8 Å². The summed E-state index contributed by atoms with van der Waals surface area (Å²) in [5.74, 6) is -0.145. The molecule has 2 aromatic rings. The number of nitrogens with one attached hydrogen (secondary N) is 1. The standard InChI is InChI=1S/C32H38FN3/c1-8-18(4)34-26-13-12-21-19(5)25(33)15-27-29(21)30(26)23-16-36-20(6)22-11-10-17(3)32(7,9-2)24(22)14-28(36)31(23)35-27/h14-15,18,26,34H,3,6,8-13,16H2,1-2,4-5,7H3/t18?,26-,32-/m0/s1. The number of allylic oxidation sites excluding steroid dienone is 4. The Hall–Kier alpha value is -2.72. The van der Waals surface area contributed by atoms with Crippen LogP contribution in [-0.4, -0.2) is 15.9 Å². The second-order valence-corrected chi connectivity index (χ2v) is 11.5. The van der Waals surface area contributed by atoms with E-state index in [1.54, 1.807) is 6.07 Å². The Morgan fingerprint density at radius 2 is 2.00 bits per heavy atom. The number of aromatic nitrogens is 1. The van der Waals surface area contributed by atoms with Crippen molar-refractivity contribution in [3.05, 3.63) is 81.5 Å². The van der Waals surface area contributed by atoms with Gasteiger partial charge in [0.05, 0.1) is 23.5 Å². The summed E-state index contributed by atoms with van der Waals surface area (Å²) in [7, 11) is 0. The lowest BCUT2D eigenvalue weighted by atomic mass is 9.65. The van der Waals surface area contributed by atoms with Crippen molar-refractivity contribution in [1.29, 1.82) is 0 Å². The van der Waals surface area contributed by atoms with E-state index < -0.39 is 0 Å². The highest BCUT2D eigenvalue weighted by Gasteiger charge is 2.43. The maximum absolute atomic E-state index is 15.1. The highest BCUT2D eigenvalue weighted by Crippen LogP contribution is 2.55. The smallest absolute Gasteiger partial charge is 0.128 e. The summed E-state index contributed by atoms with van der Waals surface area (Å²) in [6.45, 7) is 20.8. The minimum Gasteiger partial charge on any atom is -0.335 e. The average Bonchev–Trinajstić information content (AvgIpc) is 3.24.